The van der Waals surface area contributed by atoms with E-state index >= 15 is 0 Å². The molecule has 2 rings (SSSR count). The number of nitrogens with two attached hydrogens (primary N) is 1. The normalized spacial score (nSPS) is 24.2. The predicted molar refractivity (Wildman–Crippen MR) is 73.2 cm³/mol. The van der Waals surface area contributed by atoms with Gasteiger partial charge in [0.1, 0.15) is 5.82 Å². The van der Waals surface area contributed by atoms with Gasteiger partial charge in [-0.3, -0.25) is 9.69 Å². The fourth-order valence-electron chi connectivity index (χ4n) is 2.58. The Kier molecular flexibility index (Phi) is 4.50. The second-order valence-electron chi connectivity index (χ2n) is 5.35. The van der Waals surface area contributed by atoms with Crippen LogP contribution < -0.4 is 11.1 Å². The summed E-state index contributed by atoms with van der Waals surface area (Å²) in [6.07, 6.45) is 1.01. The Labute approximate surface area is 112 Å². The topological polar surface area (TPSA) is 58.4 Å². The molecule has 5 heteroatoms. The number of hydrogen-bond donors (Lipinski definition) is 2. The van der Waals surface area contributed by atoms with Gasteiger partial charge in [-0.15, -0.1) is 0 Å². The quantitative estimate of drug-likeness (QED) is 0.869. The molecular formula is C14H20FN3O. The minimum Gasteiger partial charge on any atom is -0.327 e. The molecule has 0 radical (unpaired) electrons. The van der Waals surface area contributed by atoms with Crippen LogP contribution in [0.5, 0.6) is 0 Å². The van der Waals surface area contributed by atoms with E-state index in [1.54, 1.807) is 12.1 Å². The van der Waals surface area contributed by atoms with Crippen molar-refractivity contribution in [1.82, 2.24) is 4.90 Å². The van der Waals surface area contributed by atoms with Gasteiger partial charge in [-0.2, -0.15) is 0 Å². The van der Waals surface area contributed by atoms with Gasteiger partial charge in [0, 0.05) is 24.8 Å². The van der Waals surface area contributed by atoms with Crippen molar-refractivity contribution in [2.45, 2.75) is 19.4 Å². The molecule has 19 heavy (non-hydrogen) atoms. The van der Waals surface area contributed by atoms with E-state index in [2.05, 4.69) is 17.1 Å². The van der Waals surface area contributed by atoms with Crippen LogP contribution in [-0.2, 0) is 4.79 Å². The summed E-state index contributed by atoms with van der Waals surface area (Å²) in [5, 5.41) is 2.76. The van der Waals surface area contributed by atoms with E-state index in [0.717, 1.165) is 19.5 Å². The number of carbonyl (C=O) groups is 1. The molecule has 4 nitrogen and oxygen atoms in total. The maximum Gasteiger partial charge on any atom is 0.238 e. The Balaban J connectivity index is 1.85. The van der Waals surface area contributed by atoms with Gasteiger partial charge >= 0.3 is 0 Å². The van der Waals surface area contributed by atoms with Gasteiger partial charge in [0.15, 0.2) is 0 Å². The van der Waals surface area contributed by atoms with Gasteiger partial charge < -0.3 is 11.1 Å². The molecule has 104 valence electrons. The highest BCUT2D eigenvalue weighted by atomic mass is 19.1. The first-order valence-electron chi connectivity index (χ1n) is 6.56. The number of rotatable bonds is 3. The molecule has 1 aromatic carbocycles. The van der Waals surface area contributed by atoms with E-state index in [-0.39, 0.29) is 17.8 Å². The number of amides is 1. The number of likely N-dealkylation sites (tertiary alicyclic amines) is 1. The van der Waals surface area contributed by atoms with Crippen molar-refractivity contribution < 1.29 is 9.18 Å². The number of anilines is 1. The molecule has 2 atom stereocenters. The molecule has 1 saturated heterocycles. The Morgan fingerprint density at radius 1 is 1.42 bits per heavy atom. The number of carbonyl (C=O) groups excluding carboxylic acids is 1. The number of nitrogens with zero attached hydrogens (tertiary/aromatic N) is 1. The minimum absolute atomic E-state index is 0.0899. The van der Waals surface area contributed by atoms with E-state index in [4.69, 9.17) is 5.73 Å². The third-order valence-corrected chi connectivity index (χ3v) is 3.26. The van der Waals surface area contributed by atoms with Crippen LogP contribution >= 0.6 is 0 Å². The van der Waals surface area contributed by atoms with Gasteiger partial charge in [-0.25, -0.2) is 4.39 Å². The Bertz CT molecular complexity index is 425. The summed E-state index contributed by atoms with van der Waals surface area (Å²) in [6.45, 7) is 4.12. The van der Waals surface area contributed by atoms with Gasteiger partial charge in [-0.1, -0.05) is 6.92 Å². The van der Waals surface area contributed by atoms with Crippen LogP contribution in [0.1, 0.15) is 13.3 Å². The van der Waals surface area contributed by atoms with Crippen LogP contribution in [-0.4, -0.2) is 36.5 Å². The second-order valence-corrected chi connectivity index (χ2v) is 5.35. The molecule has 0 saturated carbocycles. The second kappa shape index (κ2) is 6.12. The van der Waals surface area contributed by atoms with Crippen LogP contribution in [0.15, 0.2) is 24.3 Å². The van der Waals surface area contributed by atoms with Crippen molar-refractivity contribution in [3.63, 3.8) is 0 Å². The van der Waals surface area contributed by atoms with Gasteiger partial charge in [0.2, 0.25) is 5.91 Å². The SMILES string of the molecule is CC1CC(N)CN(CC(=O)Nc2ccc(F)cc2)C1. The molecule has 3 N–H and O–H groups in total. The van der Waals surface area contributed by atoms with E-state index < -0.39 is 0 Å². The first-order chi connectivity index (χ1) is 9.02. The summed E-state index contributed by atoms with van der Waals surface area (Å²) >= 11 is 0. The van der Waals surface area contributed by atoms with Gasteiger partial charge in [0.05, 0.1) is 6.54 Å². The summed E-state index contributed by atoms with van der Waals surface area (Å²) < 4.78 is 12.7. The highest BCUT2D eigenvalue weighted by Crippen LogP contribution is 2.15. The molecule has 1 amide bonds. The fourth-order valence-corrected chi connectivity index (χ4v) is 2.58. The van der Waals surface area contributed by atoms with E-state index in [1.165, 1.54) is 12.1 Å². The molecule has 1 aliphatic rings. The Hall–Kier alpha value is -1.46. The molecule has 1 fully saturated rings. The number of hydrogen-bond acceptors (Lipinski definition) is 3. The molecule has 2 unspecified atom stereocenters. The molecule has 0 spiro atoms. The first-order valence-corrected chi connectivity index (χ1v) is 6.56. The number of halogens is 1. The van der Waals surface area contributed by atoms with Crippen LogP contribution in [0, 0.1) is 11.7 Å². The van der Waals surface area contributed by atoms with Crippen molar-refractivity contribution in [3.05, 3.63) is 30.1 Å². The lowest BCUT2D eigenvalue weighted by molar-refractivity contribution is -0.117. The standard InChI is InChI=1S/C14H20FN3O/c1-10-6-12(16)8-18(7-10)9-14(19)17-13-4-2-11(15)3-5-13/h2-5,10,12H,6-9,16H2,1H3,(H,17,19). The van der Waals surface area contributed by atoms with E-state index in [0.29, 0.717) is 18.2 Å². The summed E-state index contributed by atoms with van der Waals surface area (Å²) in [5.74, 6) is 0.115. The molecule has 1 heterocycles. The predicted octanol–water partition coefficient (Wildman–Crippen LogP) is 1.43. The van der Waals surface area contributed by atoms with Crippen LogP contribution in [0.3, 0.4) is 0 Å². The maximum absolute atomic E-state index is 12.7. The fraction of sp³-hybridized carbons (Fsp3) is 0.500. The largest absolute Gasteiger partial charge is 0.327 e. The van der Waals surface area contributed by atoms with Crippen molar-refractivity contribution in [2.24, 2.45) is 11.7 Å². The number of piperidine rings is 1. The van der Waals surface area contributed by atoms with Crippen molar-refractivity contribution in [3.8, 4) is 0 Å². The minimum atomic E-state index is -0.311. The summed E-state index contributed by atoms with van der Waals surface area (Å²) in [6, 6.07) is 5.90. The molecular weight excluding hydrogens is 245 g/mol. The highest BCUT2D eigenvalue weighted by Gasteiger charge is 2.23. The average Bonchev–Trinajstić information content (AvgIpc) is 2.30. The Morgan fingerprint density at radius 3 is 2.74 bits per heavy atom. The first kappa shape index (κ1) is 14.0. The lowest BCUT2D eigenvalue weighted by atomic mass is 9.97. The molecule has 0 bridgehead atoms. The van der Waals surface area contributed by atoms with E-state index in [1.807, 2.05) is 0 Å². The van der Waals surface area contributed by atoms with Gasteiger partial charge in [0.25, 0.3) is 0 Å². The van der Waals surface area contributed by atoms with Crippen LogP contribution in [0.4, 0.5) is 10.1 Å². The lowest BCUT2D eigenvalue weighted by Crippen LogP contribution is -2.48. The zero-order valence-corrected chi connectivity index (χ0v) is 11.1. The van der Waals surface area contributed by atoms with Crippen molar-refractivity contribution >= 4 is 11.6 Å². The summed E-state index contributed by atoms with van der Waals surface area (Å²) in [5.41, 5.74) is 6.56. The van der Waals surface area contributed by atoms with Crippen molar-refractivity contribution in [1.29, 1.82) is 0 Å². The van der Waals surface area contributed by atoms with Crippen LogP contribution in [0.25, 0.3) is 0 Å². The molecule has 1 aromatic rings. The number of benzene rings is 1. The third kappa shape index (κ3) is 4.29. The number of nitrogens with one attached hydrogen (secondary N) is 1. The van der Waals surface area contributed by atoms with Crippen molar-refractivity contribution in [2.75, 3.05) is 25.0 Å². The molecule has 0 aromatic heterocycles. The molecule has 1 aliphatic heterocycles. The summed E-state index contributed by atoms with van der Waals surface area (Å²) in [7, 11) is 0. The monoisotopic (exact) mass is 265 g/mol. The maximum atomic E-state index is 12.7. The zero-order valence-electron chi connectivity index (χ0n) is 11.1. The Morgan fingerprint density at radius 2 is 2.11 bits per heavy atom. The van der Waals surface area contributed by atoms with Gasteiger partial charge in [-0.05, 0) is 36.6 Å². The zero-order chi connectivity index (χ0) is 13.8. The lowest BCUT2D eigenvalue weighted by Gasteiger charge is -2.34. The molecule has 0 aliphatic carbocycles. The highest BCUT2D eigenvalue weighted by molar-refractivity contribution is 5.92. The van der Waals surface area contributed by atoms with Crippen LogP contribution in [0.2, 0.25) is 0 Å². The average molecular weight is 265 g/mol. The summed E-state index contributed by atoms with van der Waals surface area (Å²) in [4.78, 5) is 14.0. The smallest absolute Gasteiger partial charge is 0.238 e. The van der Waals surface area contributed by atoms with E-state index in [9.17, 15) is 9.18 Å². The third-order valence-electron chi connectivity index (χ3n) is 3.26.